The summed E-state index contributed by atoms with van der Waals surface area (Å²) < 4.78 is 0. The number of rotatable bonds is 21. The molecule has 186 valence electrons. The molecule has 0 saturated carbocycles. The second-order valence-corrected chi connectivity index (χ2v) is 8.37. The summed E-state index contributed by atoms with van der Waals surface area (Å²) >= 11 is 0. The molecule has 0 aliphatic carbocycles. The van der Waals surface area contributed by atoms with Gasteiger partial charge in [-0.05, 0) is 32.1 Å². The summed E-state index contributed by atoms with van der Waals surface area (Å²) in [6.07, 6.45) is 12.1. The van der Waals surface area contributed by atoms with Crippen LogP contribution < -0.4 is 16.4 Å². The predicted molar refractivity (Wildman–Crippen MR) is 123 cm³/mol. The highest BCUT2D eigenvalue weighted by Gasteiger charge is 2.20. The number of carbonyl (C=O) groups is 4. The number of unbranched alkanes of at least 4 members (excludes halogenated alkanes) is 9. The molecule has 0 aliphatic rings. The van der Waals surface area contributed by atoms with Gasteiger partial charge in [-0.3, -0.25) is 14.4 Å². The Morgan fingerprint density at radius 3 is 1.88 bits per heavy atom. The summed E-state index contributed by atoms with van der Waals surface area (Å²) in [7, 11) is 0. The van der Waals surface area contributed by atoms with Crippen molar-refractivity contribution < 1.29 is 29.4 Å². The topological polar surface area (TPSA) is 159 Å². The van der Waals surface area contributed by atoms with E-state index in [1.54, 1.807) is 0 Å². The molecule has 0 rings (SSSR count). The first-order chi connectivity index (χ1) is 15.3. The number of amides is 2. The Hall–Kier alpha value is -2.16. The fourth-order valence-corrected chi connectivity index (χ4v) is 3.32. The lowest BCUT2D eigenvalue weighted by Gasteiger charge is -2.14. The van der Waals surface area contributed by atoms with Gasteiger partial charge in [-0.25, -0.2) is 4.79 Å². The molecule has 0 aromatic carbocycles. The Kier molecular flexibility index (Phi) is 18.2. The molecule has 0 saturated heterocycles. The molecular weight excluding hydrogens is 414 g/mol. The van der Waals surface area contributed by atoms with E-state index in [9.17, 15) is 24.3 Å². The Balaban J connectivity index is 3.89. The second-order valence-electron chi connectivity index (χ2n) is 8.37. The van der Waals surface area contributed by atoms with Crippen LogP contribution in [-0.2, 0) is 19.2 Å². The van der Waals surface area contributed by atoms with Crippen molar-refractivity contribution in [3.05, 3.63) is 0 Å². The molecule has 0 heterocycles. The van der Waals surface area contributed by atoms with Crippen LogP contribution in [0.4, 0.5) is 0 Å². The number of hydrogen-bond acceptors (Lipinski definition) is 5. The minimum Gasteiger partial charge on any atom is -0.480 e. The smallest absolute Gasteiger partial charge is 0.326 e. The lowest BCUT2D eigenvalue weighted by molar-refractivity contribution is -0.142. The van der Waals surface area contributed by atoms with Gasteiger partial charge in [0.2, 0.25) is 11.8 Å². The molecule has 0 spiro atoms. The SMILES string of the molecule is CCCCCCCCCCCC(=O)N[C@H](CCC(=O)NCCCC[C@@H](N)C(=O)O)C(=O)O. The number of nitrogens with two attached hydrogens (primary N) is 1. The zero-order chi connectivity index (χ0) is 24.2. The van der Waals surface area contributed by atoms with Crippen molar-refractivity contribution in [1.82, 2.24) is 10.6 Å². The molecule has 32 heavy (non-hydrogen) atoms. The zero-order valence-electron chi connectivity index (χ0n) is 19.6. The maximum atomic E-state index is 12.0. The van der Waals surface area contributed by atoms with Gasteiger partial charge >= 0.3 is 11.9 Å². The normalized spacial score (nSPS) is 12.7. The first kappa shape index (κ1) is 29.8. The summed E-state index contributed by atoms with van der Waals surface area (Å²) in [5, 5.41) is 23.2. The van der Waals surface area contributed by atoms with Crippen LogP contribution in [0.2, 0.25) is 0 Å². The van der Waals surface area contributed by atoms with Gasteiger partial charge in [-0.1, -0.05) is 58.3 Å². The first-order valence-corrected chi connectivity index (χ1v) is 12.0. The number of carbonyl (C=O) groups excluding carboxylic acids is 2. The summed E-state index contributed by atoms with van der Waals surface area (Å²) in [4.78, 5) is 45.9. The van der Waals surface area contributed by atoms with Crippen LogP contribution in [0.15, 0.2) is 0 Å². The molecule has 0 bridgehead atoms. The molecule has 2 atom stereocenters. The molecule has 9 heteroatoms. The number of nitrogens with one attached hydrogen (secondary N) is 2. The minimum atomic E-state index is -1.15. The van der Waals surface area contributed by atoms with Crippen molar-refractivity contribution in [1.29, 1.82) is 0 Å². The Morgan fingerprint density at radius 2 is 1.31 bits per heavy atom. The van der Waals surface area contributed by atoms with Gasteiger partial charge in [-0.2, -0.15) is 0 Å². The number of aliphatic carboxylic acids is 2. The molecule has 9 nitrogen and oxygen atoms in total. The lowest BCUT2D eigenvalue weighted by Crippen LogP contribution is -2.41. The zero-order valence-corrected chi connectivity index (χ0v) is 19.6. The molecular formula is C23H43N3O6. The maximum Gasteiger partial charge on any atom is 0.326 e. The summed E-state index contributed by atoms with van der Waals surface area (Å²) in [6.45, 7) is 2.56. The van der Waals surface area contributed by atoms with Gasteiger partial charge in [0.05, 0.1) is 0 Å². The van der Waals surface area contributed by atoms with Gasteiger partial charge in [-0.15, -0.1) is 0 Å². The number of carboxylic acid groups (broad SMARTS) is 2. The van der Waals surface area contributed by atoms with Crippen molar-refractivity contribution in [3.8, 4) is 0 Å². The van der Waals surface area contributed by atoms with E-state index in [1.807, 2.05) is 0 Å². The molecule has 0 fully saturated rings. The van der Waals surface area contributed by atoms with Crippen molar-refractivity contribution in [3.63, 3.8) is 0 Å². The van der Waals surface area contributed by atoms with Crippen LogP contribution in [0, 0.1) is 0 Å². The van der Waals surface area contributed by atoms with Crippen LogP contribution in [0.1, 0.15) is 103 Å². The highest BCUT2D eigenvalue weighted by atomic mass is 16.4. The van der Waals surface area contributed by atoms with E-state index in [1.165, 1.54) is 38.5 Å². The third-order valence-electron chi connectivity index (χ3n) is 5.38. The third kappa shape index (κ3) is 17.5. The van der Waals surface area contributed by atoms with E-state index in [-0.39, 0.29) is 24.7 Å². The summed E-state index contributed by atoms with van der Waals surface area (Å²) in [5.74, 6) is -2.79. The van der Waals surface area contributed by atoms with Crippen molar-refractivity contribution in [2.75, 3.05) is 6.54 Å². The Labute approximate surface area is 191 Å². The third-order valence-corrected chi connectivity index (χ3v) is 5.38. The van der Waals surface area contributed by atoms with E-state index in [4.69, 9.17) is 10.8 Å². The van der Waals surface area contributed by atoms with Crippen molar-refractivity contribution in [2.45, 2.75) is 115 Å². The molecule has 0 aromatic rings. The van der Waals surface area contributed by atoms with Crippen molar-refractivity contribution in [2.24, 2.45) is 5.73 Å². The number of carboxylic acids is 2. The first-order valence-electron chi connectivity index (χ1n) is 12.0. The van der Waals surface area contributed by atoms with Crippen molar-refractivity contribution >= 4 is 23.8 Å². The van der Waals surface area contributed by atoms with Crippen LogP contribution >= 0.6 is 0 Å². The molecule has 0 aliphatic heterocycles. The molecule has 6 N–H and O–H groups in total. The predicted octanol–water partition coefficient (Wildman–Crippen LogP) is 2.96. The van der Waals surface area contributed by atoms with Crippen LogP contribution in [0.3, 0.4) is 0 Å². The standard InChI is InChI=1S/C23H43N3O6/c1-2-3-4-5-6-7-8-9-10-14-21(28)26-19(23(31)32)15-16-20(27)25-17-12-11-13-18(24)22(29)30/h18-19H,2-17,24H2,1H3,(H,25,27)(H,26,28)(H,29,30)(H,31,32)/t18-,19-/m1/s1. The average Bonchev–Trinajstić information content (AvgIpc) is 2.74. The van der Waals surface area contributed by atoms with E-state index in [0.717, 1.165) is 19.3 Å². The van der Waals surface area contributed by atoms with E-state index >= 15 is 0 Å². The molecule has 0 aromatic heterocycles. The largest absolute Gasteiger partial charge is 0.480 e. The fraction of sp³-hybridized carbons (Fsp3) is 0.826. The monoisotopic (exact) mass is 457 g/mol. The second kappa shape index (κ2) is 19.5. The fourth-order valence-electron chi connectivity index (χ4n) is 3.32. The van der Waals surface area contributed by atoms with Gasteiger partial charge in [0.15, 0.2) is 0 Å². The molecule has 2 amide bonds. The van der Waals surface area contributed by atoms with Gasteiger partial charge in [0.25, 0.3) is 0 Å². The van der Waals surface area contributed by atoms with E-state index in [2.05, 4.69) is 17.6 Å². The number of hydrogen-bond donors (Lipinski definition) is 5. The minimum absolute atomic E-state index is 0.0100. The Morgan fingerprint density at radius 1 is 0.719 bits per heavy atom. The summed E-state index contributed by atoms with van der Waals surface area (Å²) in [6, 6.07) is -1.98. The molecule has 0 unspecified atom stereocenters. The quantitative estimate of drug-likeness (QED) is 0.166. The highest BCUT2D eigenvalue weighted by molar-refractivity contribution is 5.84. The highest BCUT2D eigenvalue weighted by Crippen LogP contribution is 2.10. The summed E-state index contributed by atoms with van der Waals surface area (Å²) in [5.41, 5.74) is 5.40. The van der Waals surface area contributed by atoms with Gasteiger partial charge in [0, 0.05) is 19.4 Å². The molecule has 0 radical (unpaired) electrons. The van der Waals surface area contributed by atoms with Crippen LogP contribution in [-0.4, -0.2) is 52.6 Å². The average molecular weight is 458 g/mol. The van der Waals surface area contributed by atoms with Crippen LogP contribution in [0.25, 0.3) is 0 Å². The Bertz CT molecular complexity index is 556. The van der Waals surface area contributed by atoms with Crippen LogP contribution in [0.5, 0.6) is 0 Å². The van der Waals surface area contributed by atoms with Gasteiger partial charge < -0.3 is 26.6 Å². The van der Waals surface area contributed by atoms with Gasteiger partial charge in [0.1, 0.15) is 12.1 Å². The van der Waals surface area contributed by atoms with E-state index < -0.39 is 24.0 Å². The van der Waals surface area contributed by atoms with E-state index in [0.29, 0.717) is 32.2 Å². The lowest BCUT2D eigenvalue weighted by atomic mass is 10.1. The maximum absolute atomic E-state index is 12.0.